The number of aryl methyl sites for hydroxylation is 2. The minimum absolute atomic E-state index is 0.0806. The Balaban J connectivity index is 2.07. The van der Waals surface area contributed by atoms with Gasteiger partial charge in [0.25, 0.3) is 0 Å². The third kappa shape index (κ3) is 4.12. The van der Waals surface area contributed by atoms with Crippen molar-refractivity contribution in [1.29, 1.82) is 0 Å². The molecule has 0 radical (unpaired) electrons. The zero-order valence-electron chi connectivity index (χ0n) is 12.5. The van der Waals surface area contributed by atoms with Crippen LogP contribution >= 0.6 is 0 Å². The van der Waals surface area contributed by atoms with Gasteiger partial charge in [-0.1, -0.05) is 12.1 Å². The number of nitrogens with one attached hydrogen (secondary N) is 2. The van der Waals surface area contributed by atoms with Gasteiger partial charge in [0.15, 0.2) is 0 Å². The van der Waals surface area contributed by atoms with Crippen molar-refractivity contribution in [3.63, 3.8) is 0 Å². The van der Waals surface area contributed by atoms with E-state index >= 15 is 0 Å². The highest BCUT2D eigenvalue weighted by atomic mass is 16.4. The Labute approximate surface area is 128 Å². The van der Waals surface area contributed by atoms with Crippen LogP contribution in [0.25, 0.3) is 11.3 Å². The van der Waals surface area contributed by atoms with Gasteiger partial charge in [0, 0.05) is 17.8 Å². The minimum Gasteiger partial charge on any atom is -0.481 e. The van der Waals surface area contributed by atoms with Crippen molar-refractivity contribution < 1.29 is 19.1 Å². The molecule has 3 N–H and O–H groups in total. The predicted molar refractivity (Wildman–Crippen MR) is 82.9 cm³/mol. The van der Waals surface area contributed by atoms with Crippen molar-refractivity contribution in [2.45, 2.75) is 20.3 Å². The first-order valence-corrected chi connectivity index (χ1v) is 6.90. The quantitative estimate of drug-likeness (QED) is 0.791. The van der Waals surface area contributed by atoms with Gasteiger partial charge in [0.1, 0.15) is 11.5 Å². The number of carbonyl (C=O) groups excluding carboxylic acids is 1. The fourth-order valence-electron chi connectivity index (χ4n) is 1.95. The summed E-state index contributed by atoms with van der Waals surface area (Å²) in [4.78, 5) is 22.2. The minimum atomic E-state index is -0.952. The number of benzene rings is 1. The Bertz CT molecular complexity index is 691. The molecule has 0 unspecified atom stereocenters. The molecule has 0 saturated carbocycles. The normalized spacial score (nSPS) is 10.3. The molecule has 0 aliphatic heterocycles. The van der Waals surface area contributed by atoms with E-state index in [4.69, 9.17) is 9.52 Å². The molecule has 1 aromatic heterocycles. The lowest BCUT2D eigenvalue weighted by atomic mass is 10.1. The Kier molecular flexibility index (Phi) is 4.83. The number of rotatable bonds is 5. The number of anilines is 1. The summed E-state index contributed by atoms with van der Waals surface area (Å²) < 4.78 is 5.57. The van der Waals surface area contributed by atoms with E-state index in [1.54, 1.807) is 0 Å². The molecule has 1 heterocycles. The maximum atomic E-state index is 11.8. The molecule has 2 rings (SSSR count). The van der Waals surface area contributed by atoms with Crippen LogP contribution in [0, 0.1) is 13.8 Å². The van der Waals surface area contributed by atoms with Gasteiger partial charge in [-0.3, -0.25) is 4.79 Å². The number of carboxylic acid groups (broad SMARTS) is 1. The summed E-state index contributed by atoms with van der Waals surface area (Å²) in [6.07, 6.45) is -0.113. The third-order valence-corrected chi connectivity index (χ3v) is 3.14. The molecule has 0 aliphatic carbocycles. The standard InChI is InChI=1S/C16H18N2O4/c1-10-3-5-12(14-6-4-11(2)22-14)9-13(10)18-16(21)17-8-7-15(19)20/h3-6,9H,7-8H2,1-2H3,(H,19,20)(H2,17,18,21). The molecule has 0 aliphatic rings. The highest BCUT2D eigenvalue weighted by Gasteiger charge is 2.09. The van der Waals surface area contributed by atoms with E-state index in [1.165, 1.54) is 0 Å². The number of hydrogen-bond donors (Lipinski definition) is 3. The van der Waals surface area contributed by atoms with Gasteiger partial charge in [-0.2, -0.15) is 0 Å². The van der Waals surface area contributed by atoms with Crippen molar-refractivity contribution >= 4 is 17.7 Å². The van der Waals surface area contributed by atoms with Gasteiger partial charge in [0.2, 0.25) is 0 Å². The van der Waals surface area contributed by atoms with Gasteiger partial charge in [-0.15, -0.1) is 0 Å². The number of urea groups is 1. The molecule has 2 aromatic rings. The number of furan rings is 1. The van der Waals surface area contributed by atoms with Crippen LogP contribution in [-0.2, 0) is 4.79 Å². The van der Waals surface area contributed by atoms with Crippen LogP contribution in [0.3, 0.4) is 0 Å². The van der Waals surface area contributed by atoms with Gasteiger partial charge in [0.05, 0.1) is 6.42 Å². The number of aliphatic carboxylic acids is 1. The average molecular weight is 302 g/mol. The molecule has 0 fully saturated rings. The summed E-state index contributed by atoms with van der Waals surface area (Å²) >= 11 is 0. The molecular formula is C16H18N2O4. The molecule has 6 heteroatoms. The molecule has 2 amide bonds. The van der Waals surface area contributed by atoms with E-state index in [1.807, 2.05) is 44.2 Å². The molecule has 116 valence electrons. The van der Waals surface area contributed by atoms with E-state index in [2.05, 4.69) is 10.6 Å². The number of amides is 2. The molecule has 22 heavy (non-hydrogen) atoms. The van der Waals surface area contributed by atoms with Crippen LogP contribution < -0.4 is 10.6 Å². The Morgan fingerprint density at radius 2 is 1.95 bits per heavy atom. The summed E-state index contributed by atoms with van der Waals surface area (Å²) in [5, 5.41) is 13.8. The second kappa shape index (κ2) is 6.80. The number of carboxylic acids is 1. The third-order valence-electron chi connectivity index (χ3n) is 3.14. The van der Waals surface area contributed by atoms with Gasteiger partial charge >= 0.3 is 12.0 Å². The van der Waals surface area contributed by atoms with Crippen molar-refractivity contribution in [2.75, 3.05) is 11.9 Å². The Morgan fingerprint density at radius 3 is 2.59 bits per heavy atom. The van der Waals surface area contributed by atoms with E-state index < -0.39 is 12.0 Å². The molecule has 0 bridgehead atoms. The topological polar surface area (TPSA) is 91.6 Å². The van der Waals surface area contributed by atoms with Gasteiger partial charge < -0.3 is 20.2 Å². The van der Waals surface area contributed by atoms with Crippen LogP contribution in [0.2, 0.25) is 0 Å². The van der Waals surface area contributed by atoms with Crippen LogP contribution in [0.5, 0.6) is 0 Å². The van der Waals surface area contributed by atoms with E-state index in [0.29, 0.717) is 5.69 Å². The van der Waals surface area contributed by atoms with E-state index in [0.717, 1.165) is 22.6 Å². The van der Waals surface area contributed by atoms with Crippen molar-refractivity contribution in [3.05, 3.63) is 41.7 Å². The van der Waals surface area contributed by atoms with Crippen LogP contribution in [0.1, 0.15) is 17.7 Å². The fourth-order valence-corrected chi connectivity index (χ4v) is 1.95. The lowest BCUT2D eigenvalue weighted by Crippen LogP contribution is -2.30. The summed E-state index contributed by atoms with van der Waals surface area (Å²) in [6, 6.07) is 8.94. The summed E-state index contributed by atoms with van der Waals surface area (Å²) in [7, 11) is 0. The number of hydrogen-bond acceptors (Lipinski definition) is 3. The summed E-state index contributed by atoms with van der Waals surface area (Å²) in [5.74, 6) is 0.593. The lowest BCUT2D eigenvalue weighted by molar-refractivity contribution is -0.136. The van der Waals surface area contributed by atoms with E-state index in [9.17, 15) is 9.59 Å². The van der Waals surface area contributed by atoms with Crippen molar-refractivity contribution in [3.8, 4) is 11.3 Å². The molecule has 0 saturated heterocycles. The zero-order valence-corrected chi connectivity index (χ0v) is 12.5. The molecular weight excluding hydrogens is 284 g/mol. The SMILES string of the molecule is Cc1ccc(-c2ccc(C)c(NC(=O)NCCC(=O)O)c2)o1. The van der Waals surface area contributed by atoms with Crippen molar-refractivity contribution in [2.24, 2.45) is 0 Å². The highest BCUT2D eigenvalue weighted by molar-refractivity contribution is 5.91. The van der Waals surface area contributed by atoms with Gasteiger partial charge in [-0.05, 0) is 37.6 Å². The van der Waals surface area contributed by atoms with Crippen LogP contribution in [-0.4, -0.2) is 23.7 Å². The number of carbonyl (C=O) groups is 2. The first kappa shape index (κ1) is 15.6. The molecule has 0 atom stereocenters. The second-order valence-corrected chi connectivity index (χ2v) is 4.96. The molecule has 1 aromatic carbocycles. The first-order chi connectivity index (χ1) is 10.5. The smallest absolute Gasteiger partial charge is 0.319 e. The lowest BCUT2D eigenvalue weighted by Gasteiger charge is -2.10. The zero-order chi connectivity index (χ0) is 16.1. The Morgan fingerprint density at radius 1 is 1.18 bits per heavy atom. The Hall–Kier alpha value is -2.76. The molecule has 0 spiro atoms. The fraction of sp³-hybridized carbons (Fsp3) is 0.250. The summed E-state index contributed by atoms with van der Waals surface area (Å²) in [5.41, 5.74) is 2.42. The maximum Gasteiger partial charge on any atom is 0.319 e. The van der Waals surface area contributed by atoms with E-state index in [-0.39, 0.29) is 13.0 Å². The highest BCUT2D eigenvalue weighted by Crippen LogP contribution is 2.26. The second-order valence-electron chi connectivity index (χ2n) is 4.96. The van der Waals surface area contributed by atoms with Gasteiger partial charge in [-0.25, -0.2) is 4.79 Å². The van der Waals surface area contributed by atoms with Crippen LogP contribution in [0.15, 0.2) is 34.7 Å². The summed E-state index contributed by atoms with van der Waals surface area (Å²) in [6.45, 7) is 3.83. The largest absolute Gasteiger partial charge is 0.481 e. The monoisotopic (exact) mass is 302 g/mol. The van der Waals surface area contributed by atoms with Crippen LogP contribution in [0.4, 0.5) is 10.5 Å². The predicted octanol–water partition coefficient (Wildman–Crippen LogP) is 3.16. The maximum absolute atomic E-state index is 11.8. The van der Waals surface area contributed by atoms with Crippen molar-refractivity contribution in [1.82, 2.24) is 5.32 Å². The first-order valence-electron chi connectivity index (χ1n) is 6.90. The average Bonchev–Trinajstić information content (AvgIpc) is 2.87. The molecule has 6 nitrogen and oxygen atoms in total.